The largest absolute Gasteiger partial charge is 0.338 e. The summed E-state index contributed by atoms with van der Waals surface area (Å²) in [5.74, 6) is 2.16. The van der Waals surface area contributed by atoms with Crippen molar-refractivity contribution in [1.82, 2.24) is 0 Å². The molecule has 0 N–H and O–H groups in total. The smallest absolute Gasteiger partial charge is 0.222 e. The van der Waals surface area contributed by atoms with Crippen molar-refractivity contribution in [3.63, 3.8) is 0 Å². The molecule has 0 amide bonds. The summed E-state index contributed by atoms with van der Waals surface area (Å²) >= 11 is 1.85. The van der Waals surface area contributed by atoms with E-state index in [0.717, 1.165) is 24.4 Å². The molecule has 19 heavy (non-hydrogen) atoms. The minimum Gasteiger partial charge on any atom is -0.222 e. The predicted octanol–water partition coefficient (Wildman–Crippen LogP) is -0.411. The number of fused-ring (bicyclic) bond motifs is 1. The van der Waals surface area contributed by atoms with Gasteiger partial charge in [-0.25, -0.2) is 23.1 Å². The second-order valence-electron chi connectivity index (χ2n) is 4.04. The summed E-state index contributed by atoms with van der Waals surface area (Å²) in [7, 11) is -4.94. The van der Waals surface area contributed by atoms with Gasteiger partial charge in [0.05, 0.1) is 29.5 Å². The van der Waals surface area contributed by atoms with Crippen molar-refractivity contribution in [2.75, 3.05) is 0 Å². The van der Waals surface area contributed by atoms with Crippen molar-refractivity contribution in [3.05, 3.63) is 28.5 Å². The van der Waals surface area contributed by atoms with Crippen LogP contribution in [0.3, 0.4) is 0 Å². The van der Waals surface area contributed by atoms with E-state index in [1.807, 2.05) is 18.3 Å². The highest BCUT2D eigenvalue weighted by molar-refractivity contribution is 7.19. The Morgan fingerprint density at radius 1 is 1.16 bits per heavy atom. The van der Waals surface area contributed by atoms with Gasteiger partial charge in [0.15, 0.2) is 0 Å². The van der Waals surface area contributed by atoms with Gasteiger partial charge in [-0.05, 0) is 19.4 Å². The first-order valence-electron chi connectivity index (χ1n) is 5.65. The molecule has 0 spiro atoms. The minimum atomic E-state index is -4.94. The van der Waals surface area contributed by atoms with Crippen molar-refractivity contribution < 1.29 is 33.3 Å². The quantitative estimate of drug-likeness (QED) is 0.702. The molecule has 2 aromatic heterocycles. The Balaban J connectivity index is 0.000000312. The van der Waals surface area contributed by atoms with E-state index >= 15 is 0 Å². The maximum Gasteiger partial charge on any atom is 0.338 e. The van der Waals surface area contributed by atoms with Crippen LogP contribution in [0.15, 0.2) is 16.5 Å². The molecule has 0 fully saturated rings. The number of aryl methyl sites for hydroxylation is 3. The summed E-state index contributed by atoms with van der Waals surface area (Å²) < 4.78 is 41.1. The van der Waals surface area contributed by atoms with E-state index in [4.69, 9.17) is 23.1 Å². The Labute approximate surface area is 117 Å². The SMILES string of the molecule is CCCc1[o+]c(C)cc2sc(C)cc12.[O-][Cl+3]([O-])([O-])[O-]. The van der Waals surface area contributed by atoms with E-state index in [2.05, 4.69) is 26.0 Å². The van der Waals surface area contributed by atoms with Crippen molar-refractivity contribution in [1.29, 1.82) is 0 Å². The van der Waals surface area contributed by atoms with Crippen LogP contribution in [-0.4, -0.2) is 0 Å². The van der Waals surface area contributed by atoms with Gasteiger partial charge in [-0.15, -0.1) is 21.6 Å². The second-order valence-corrected chi connectivity index (χ2v) is 6.09. The molecular weight excluding hydrogens is 292 g/mol. The van der Waals surface area contributed by atoms with Crippen LogP contribution in [0.2, 0.25) is 0 Å². The van der Waals surface area contributed by atoms with Crippen LogP contribution in [0.5, 0.6) is 0 Å². The molecule has 2 rings (SSSR count). The van der Waals surface area contributed by atoms with Crippen LogP contribution in [0.4, 0.5) is 0 Å². The molecule has 0 aliphatic carbocycles. The van der Waals surface area contributed by atoms with Gasteiger partial charge in [0.1, 0.15) is 0 Å². The monoisotopic (exact) mass is 306 g/mol. The number of rotatable bonds is 2. The molecule has 0 bridgehead atoms. The first kappa shape index (κ1) is 16.3. The molecule has 2 aromatic rings. The Hall–Kier alpha value is -0.760. The minimum absolute atomic E-state index is 1.02. The number of hydrogen-bond donors (Lipinski definition) is 0. The van der Waals surface area contributed by atoms with Gasteiger partial charge < -0.3 is 0 Å². The van der Waals surface area contributed by atoms with Crippen LogP contribution in [0, 0.1) is 24.1 Å². The first-order chi connectivity index (χ1) is 8.70. The van der Waals surface area contributed by atoms with E-state index < -0.39 is 10.2 Å². The van der Waals surface area contributed by atoms with Crippen molar-refractivity contribution >= 4 is 21.4 Å². The number of halogens is 1. The van der Waals surface area contributed by atoms with E-state index in [0.29, 0.717) is 0 Å². The summed E-state index contributed by atoms with van der Waals surface area (Å²) in [6, 6.07) is 4.36. The summed E-state index contributed by atoms with van der Waals surface area (Å²) in [5, 5.41) is 1.31. The van der Waals surface area contributed by atoms with Crippen molar-refractivity contribution in [3.8, 4) is 0 Å². The molecule has 0 saturated carbocycles. The molecule has 0 aliphatic rings. The maximum absolute atomic E-state index is 8.49. The highest BCUT2D eigenvalue weighted by atomic mass is 35.7. The zero-order valence-electron chi connectivity index (χ0n) is 10.9. The van der Waals surface area contributed by atoms with Gasteiger partial charge in [0.2, 0.25) is 0 Å². The molecule has 0 atom stereocenters. The van der Waals surface area contributed by atoms with Gasteiger partial charge in [-0.1, -0.05) is 6.92 Å². The highest BCUT2D eigenvalue weighted by Crippen LogP contribution is 2.29. The summed E-state index contributed by atoms with van der Waals surface area (Å²) in [5.41, 5.74) is 0. The third kappa shape index (κ3) is 5.82. The van der Waals surface area contributed by atoms with Crippen LogP contribution in [-0.2, 0) is 6.42 Å². The fourth-order valence-electron chi connectivity index (χ4n) is 1.73. The molecule has 0 saturated heterocycles. The molecule has 0 aliphatic heterocycles. The zero-order chi connectivity index (χ0) is 14.6. The summed E-state index contributed by atoms with van der Waals surface area (Å²) in [6.07, 6.45) is 2.17. The Bertz CT molecular complexity index is 541. The lowest BCUT2D eigenvalue weighted by Gasteiger charge is -2.17. The summed E-state index contributed by atoms with van der Waals surface area (Å²) in [4.78, 5) is 1.36. The third-order valence-corrected chi connectivity index (χ3v) is 3.28. The molecule has 0 unspecified atom stereocenters. The molecule has 0 radical (unpaired) electrons. The van der Waals surface area contributed by atoms with Gasteiger partial charge in [0, 0.05) is 4.88 Å². The topological polar surface area (TPSA) is 104 Å². The average Bonchev–Trinajstić information content (AvgIpc) is 2.56. The predicted molar refractivity (Wildman–Crippen MR) is 62.0 cm³/mol. The lowest BCUT2D eigenvalue weighted by atomic mass is 10.2. The van der Waals surface area contributed by atoms with Crippen LogP contribution in [0.1, 0.15) is 29.7 Å². The Kier molecular flexibility index (Phi) is 5.66. The van der Waals surface area contributed by atoms with Gasteiger partial charge in [-0.3, -0.25) is 0 Å². The first-order valence-corrected chi connectivity index (χ1v) is 7.70. The number of hydrogen-bond acceptors (Lipinski definition) is 5. The lowest BCUT2D eigenvalue weighted by Crippen LogP contribution is -2.68. The van der Waals surface area contributed by atoms with Crippen LogP contribution in [0.25, 0.3) is 10.1 Å². The fourth-order valence-corrected chi connectivity index (χ4v) is 2.76. The standard InChI is InChI=1S/C12H15OS.ClHO4/c1-4-5-11-10-7-9(3)14-12(10)6-8(2)13-11;2-1(3,4)5/h6-7H,4-5H2,1-3H3;(H,2,3,4,5)/q+1;/p-1. The zero-order valence-corrected chi connectivity index (χ0v) is 12.5. The van der Waals surface area contributed by atoms with Crippen LogP contribution >= 0.6 is 11.3 Å². The van der Waals surface area contributed by atoms with Crippen molar-refractivity contribution in [2.24, 2.45) is 0 Å². The van der Waals surface area contributed by atoms with Gasteiger partial charge in [0.25, 0.3) is 0 Å². The fraction of sp³-hybridized carbons (Fsp3) is 0.417. The highest BCUT2D eigenvalue weighted by Gasteiger charge is 2.17. The van der Waals surface area contributed by atoms with E-state index in [1.165, 1.54) is 15.0 Å². The van der Waals surface area contributed by atoms with E-state index in [-0.39, 0.29) is 0 Å². The molecule has 106 valence electrons. The molecule has 0 aromatic carbocycles. The lowest BCUT2D eigenvalue weighted by molar-refractivity contribution is -2.00. The molecular formula is C12H15ClO5S. The molecule has 5 nitrogen and oxygen atoms in total. The molecule has 7 heteroatoms. The Morgan fingerprint density at radius 3 is 2.26 bits per heavy atom. The second kappa shape index (κ2) is 6.60. The van der Waals surface area contributed by atoms with Gasteiger partial charge >= 0.3 is 11.5 Å². The van der Waals surface area contributed by atoms with Crippen molar-refractivity contribution in [2.45, 2.75) is 33.6 Å². The van der Waals surface area contributed by atoms with Gasteiger partial charge in [-0.2, -0.15) is 0 Å². The molecule has 2 heterocycles. The van der Waals surface area contributed by atoms with E-state index in [1.54, 1.807) is 0 Å². The van der Waals surface area contributed by atoms with E-state index in [9.17, 15) is 0 Å². The summed E-state index contributed by atoms with van der Waals surface area (Å²) in [6.45, 7) is 6.35. The average molecular weight is 307 g/mol. The number of thiophene rings is 1. The maximum atomic E-state index is 8.49. The third-order valence-electron chi connectivity index (χ3n) is 2.28. The normalized spacial score (nSPS) is 11.3. The van der Waals surface area contributed by atoms with Crippen LogP contribution < -0.4 is 18.6 Å². The Morgan fingerprint density at radius 2 is 1.74 bits per heavy atom.